The van der Waals surface area contributed by atoms with E-state index >= 15 is 0 Å². The zero-order valence-electron chi connectivity index (χ0n) is 37.1. The third-order valence-electron chi connectivity index (χ3n) is 12.7. The summed E-state index contributed by atoms with van der Waals surface area (Å²) in [4.78, 5) is 62.4. The van der Waals surface area contributed by atoms with Crippen molar-refractivity contribution in [1.82, 2.24) is 30.2 Å². The molecule has 1 saturated carbocycles. The number of pyridine rings is 1. The predicted octanol–water partition coefficient (Wildman–Crippen LogP) is 6.24. The van der Waals surface area contributed by atoms with Crippen LogP contribution in [0.25, 0.3) is 33.3 Å². The number of carbonyl (C=O) groups is 4. The Kier molecular flexibility index (Phi) is 12.5. The molecule has 2 fully saturated rings. The molecule has 14 nitrogen and oxygen atoms in total. The highest BCUT2D eigenvalue weighted by atomic mass is 16.5. The smallest absolute Gasteiger partial charge is 0.324 e. The molecule has 0 unspecified atom stereocenters. The number of hydrogen-bond acceptors (Lipinski definition) is 10. The first-order valence-corrected chi connectivity index (χ1v) is 21.7. The van der Waals surface area contributed by atoms with Gasteiger partial charge >= 0.3 is 5.97 Å². The van der Waals surface area contributed by atoms with Gasteiger partial charge in [0.25, 0.3) is 5.91 Å². The highest BCUT2D eigenvalue weighted by molar-refractivity contribution is 5.97. The predicted molar refractivity (Wildman–Crippen MR) is 234 cm³/mol. The molecule has 1 aliphatic carbocycles. The van der Waals surface area contributed by atoms with Crippen molar-refractivity contribution in [3.8, 4) is 34.2 Å². The summed E-state index contributed by atoms with van der Waals surface area (Å²) in [6.07, 6.45) is 3.84. The number of nitrogens with zero attached hydrogens (tertiary/aromatic N) is 5. The lowest BCUT2D eigenvalue weighted by molar-refractivity contribution is -0.155. The number of nitrogens with one attached hydrogen (secondary N) is 2. The topological polar surface area (TPSA) is 179 Å². The number of phenolic OH excluding ortho intramolecular Hbond substituents is 1. The van der Waals surface area contributed by atoms with Crippen LogP contribution in [0, 0.1) is 28.1 Å². The molecule has 62 heavy (non-hydrogen) atoms. The van der Waals surface area contributed by atoms with Crippen LogP contribution in [-0.2, 0) is 48.0 Å². The number of aryl methyl sites for hydroxylation is 1. The van der Waals surface area contributed by atoms with Crippen LogP contribution >= 0.6 is 0 Å². The van der Waals surface area contributed by atoms with Crippen molar-refractivity contribution >= 4 is 34.6 Å². The van der Waals surface area contributed by atoms with Crippen LogP contribution in [0.1, 0.15) is 90.2 Å². The molecule has 2 aromatic heterocycles. The normalized spacial score (nSPS) is 20.7. The second-order valence-corrected chi connectivity index (χ2v) is 18.3. The quantitative estimate of drug-likeness (QED) is 0.163. The molecule has 2 aromatic carbocycles. The third-order valence-corrected chi connectivity index (χ3v) is 12.7. The van der Waals surface area contributed by atoms with Gasteiger partial charge in [0.2, 0.25) is 11.8 Å². The van der Waals surface area contributed by atoms with E-state index in [2.05, 4.69) is 60.3 Å². The van der Waals surface area contributed by atoms with Gasteiger partial charge in [-0.15, -0.1) is 0 Å². The van der Waals surface area contributed by atoms with Crippen LogP contribution in [0.4, 0.5) is 0 Å². The van der Waals surface area contributed by atoms with Crippen molar-refractivity contribution in [1.29, 1.82) is 5.26 Å². The molecule has 4 heterocycles. The maximum Gasteiger partial charge on any atom is 0.324 e. The van der Waals surface area contributed by atoms with Crippen molar-refractivity contribution in [2.75, 3.05) is 27.3 Å². The van der Waals surface area contributed by atoms with Gasteiger partial charge in [-0.05, 0) is 111 Å². The lowest BCUT2D eigenvalue weighted by atomic mass is 9.84. The minimum absolute atomic E-state index is 0.0105. The monoisotopic (exact) mass is 845 g/mol. The zero-order valence-corrected chi connectivity index (χ0v) is 37.1. The first kappa shape index (κ1) is 44.3. The summed E-state index contributed by atoms with van der Waals surface area (Å²) in [5.74, 6) is -2.30. The maximum absolute atomic E-state index is 14.6. The number of esters is 1. The van der Waals surface area contributed by atoms with Gasteiger partial charge in [-0.25, -0.2) is 5.43 Å². The molecule has 14 heteroatoms. The number of phenols is 1. The highest BCUT2D eigenvalue weighted by Crippen LogP contribution is 2.47. The SMILES string of the molecule is CCn1c(-c2cccnc2[C@H](C)OC)c2c3cc(ccc31)-c1cc(O)cc(c1)C[C@H](NC(=O)[C@H](C(C)C)N(C)C(=O)C1(C#N)CC1)C(=O)N1CCC[C@H](N1)C(=O)OCC(C)(C)C2. The minimum atomic E-state index is -1.16. The Hall–Kier alpha value is -5.78. The van der Waals surface area contributed by atoms with Gasteiger partial charge in [0.1, 0.15) is 29.3 Å². The molecule has 7 rings (SSSR count). The molecule has 328 valence electrons. The van der Waals surface area contributed by atoms with Crippen LogP contribution in [0.2, 0.25) is 0 Å². The van der Waals surface area contributed by atoms with Crippen molar-refractivity contribution in [2.45, 2.75) is 111 Å². The fraction of sp³-hybridized carbons (Fsp3) is 0.500. The van der Waals surface area contributed by atoms with E-state index in [4.69, 9.17) is 14.5 Å². The number of hydrazine groups is 1. The van der Waals surface area contributed by atoms with Crippen molar-refractivity contribution in [3.63, 3.8) is 0 Å². The third kappa shape index (κ3) is 8.65. The second kappa shape index (κ2) is 17.5. The van der Waals surface area contributed by atoms with Crippen molar-refractivity contribution in [2.24, 2.45) is 16.7 Å². The summed E-state index contributed by atoms with van der Waals surface area (Å²) in [6.45, 7) is 12.9. The van der Waals surface area contributed by atoms with E-state index in [-0.39, 0.29) is 37.3 Å². The number of methoxy groups -OCH3 is 1. The molecule has 1 saturated heterocycles. The van der Waals surface area contributed by atoms with Gasteiger partial charge in [-0.1, -0.05) is 39.8 Å². The lowest BCUT2D eigenvalue weighted by Gasteiger charge is -2.37. The number of aromatic hydroxyl groups is 1. The number of nitriles is 1. The summed E-state index contributed by atoms with van der Waals surface area (Å²) in [5, 5.41) is 26.4. The number of carbonyl (C=O) groups excluding carboxylic acids is 4. The van der Waals surface area contributed by atoms with Crippen LogP contribution in [-0.4, -0.2) is 93.7 Å². The lowest BCUT2D eigenvalue weighted by Crippen LogP contribution is -2.62. The standard InChI is InChI=1S/C48H59N7O7/c1-9-54-39-15-14-31-24-35(39)36(42(54)34-12-10-18-50-40(34)29(4)61-8)25-47(5,6)27-62-45(59)37-13-11-19-55(52-37)44(58)38(22-30-20-32(31)23-33(56)21-30)51-43(57)41(28(2)3)53(7)46(60)48(26-49)16-17-48/h10,12,14-15,18,20-21,23-24,28-29,37-38,41,52,56H,9,11,13,16-17,19,22,25,27H2,1-8H3,(H,51,57)/t29-,37-,38-,41-/m0/s1. The Bertz CT molecular complexity index is 2430. The molecule has 6 bridgehead atoms. The van der Waals surface area contributed by atoms with Crippen LogP contribution in [0.5, 0.6) is 5.75 Å². The van der Waals surface area contributed by atoms with Gasteiger partial charge in [0.15, 0.2) is 0 Å². The summed E-state index contributed by atoms with van der Waals surface area (Å²) in [5.41, 5.74) is 8.38. The van der Waals surface area contributed by atoms with Crippen molar-refractivity contribution in [3.05, 3.63) is 71.5 Å². The van der Waals surface area contributed by atoms with E-state index in [1.165, 1.54) is 17.0 Å². The van der Waals surface area contributed by atoms with E-state index < -0.39 is 52.6 Å². The molecule has 3 amide bonds. The van der Waals surface area contributed by atoms with E-state index in [0.717, 1.165) is 39.0 Å². The molecule has 0 radical (unpaired) electrons. The Labute approximate surface area is 363 Å². The molecular formula is C48H59N7O7. The molecule has 3 aliphatic rings. The average Bonchev–Trinajstić information content (AvgIpc) is 4.00. The molecular weight excluding hydrogens is 787 g/mol. The van der Waals surface area contributed by atoms with Gasteiger partial charge in [0, 0.05) is 61.7 Å². The second-order valence-electron chi connectivity index (χ2n) is 18.3. The number of likely N-dealkylation sites (N-methyl/N-ethyl adjacent to an activating group) is 1. The number of amides is 3. The number of cyclic esters (lactones) is 1. The Morgan fingerprint density at radius 1 is 1.13 bits per heavy atom. The van der Waals surface area contributed by atoms with Crippen LogP contribution in [0.3, 0.4) is 0 Å². The number of hydrogen-bond donors (Lipinski definition) is 3. The summed E-state index contributed by atoms with van der Waals surface area (Å²) < 4.78 is 14.2. The summed E-state index contributed by atoms with van der Waals surface area (Å²) >= 11 is 0. The fourth-order valence-electron chi connectivity index (χ4n) is 9.21. The first-order chi connectivity index (χ1) is 29.5. The Morgan fingerprint density at radius 2 is 1.89 bits per heavy atom. The van der Waals surface area contributed by atoms with Crippen LogP contribution < -0.4 is 10.7 Å². The van der Waals surface area contributed by atoms with E-state index in [9.17, 15) is 29.5 Å². The van der Waals surface area contributed by atoms with Gasteiger partial charge in [0.05, 0.1) is 30.2 Å². The van der Waals surface area contributed by atoms with Crippen LogP contribution in [0.15, 0.2) is 54.7 Å². The number of aromatic nitrogens is 2. The van der Waals surface area contributed by atoms with Crippen molar-refractivity contribution < 1.29 is 33.8 Å². The Morgan fingerprint density at radius 3 is 2.56 bits per heavy atom. The molecule has 2 aliphatic heterocycles. The molecule has 4 atom stereocenters. The maximum atomic E-state index is 14.6. The number of rotatable bonds is 9. The van der Waals surface area contributed by atoms with Gasteiger partial charge in [-0.3, -0.25) is 29.2 Å². The van der Waals surface area contributed by atoms with E-state index in [1.54, 1.807) is 25.4 Å². The van der Waals surface area contributed by atoms with E-state index in [0.29, 0.717) is 49.8 Å². The zero-order chi connectivity index (χ0) is 44.7. The average molecular weight is 846 g/mol. The molecule has 0 spiro atoms. The summed E-state index contributed by atoms with van der Waals surface area (Å²) in [6, 6.07) is 14.6. The first-order valence-electron chi connectivity index (χ1n) is 21.7. The molecule has 4 aromatic rings. The van der Waals surface area contributed by atoms with Gasteiger partial charge in [-0.2, -0.15) is 5.26 Å². The largest absolute Gasteiger partial charge is 0.508 e. The summed E-state index contributed by atoms with van der Waals surface area (Å²) in [7, 11) is 3.19. The molecule has 3 N–H and O–H groups in total. The van der Waals surface area contributed by atoms with E-state index in [1.807, 2.05) is 39.0 Å². The number of fused-ring (bicyclic) bond motifs is 6. The Balaban J connectivity index is 1.35. The minimum Gasteiger partial charge on any atom is -0.508 e. The number of ether oxygens (including phenoxy) is 2. The fourth-order valence-corrected chi connectivity index (χ4v) is 9.21. The van der Waals surface area contributed by atoms with Gasteiger partial charge < -0.3 is 29.4 Å². The highest BCUT2D eigenvalue weighted by Gasteiger charge is 2.53. The number of benzene rings is 2.